The first kappa shape index (κ1) is 14.9. The molecule has 0 saturated heterocycles. The van der Waals surface area contributed by atoms with Gasteiger partial charge in [-0.3, -0.25) is 5.32 Å². The van der Waals surface area contributed by atoms with Crippen molar-refractivity contribution < 1.29 is 14.3 Å². The summed E-state index contributed by atoms with van der Waals surface area (Å²) in [6.45, 7) is 4.73. The highest BCUT2D eigenvalue weighted by Crippen LogP contribution is 2.34. The lowest BCUT2D eigenvalue weighted by Crippen LogP contribution is -2.21. The predicted molar refractivity (Wildman–Crippen MR) is 86.1 cm³/mol. The Kier molecular flexibility index (Phi) is 4.13. The zero-order valence-corrected chi connectivity index (χ0v) is 12.8. The number of aromatic nitrogens is 2. The number of carbonyl (C=O) groups is 1. The van der Waals surface area contributed by atoms with E-state index in [2.05, 4.69) is 25.9 Å². The second-order valence-electron chi connectivity index (χ2n) is 4.90. The molecule has 2 heterocycles. The van der Waals surface area contributed by atoms with E-state index in [1.807, 2.05) is 19.9 Å². The van der Waals surface area contributed by atoms with Gasteiger partial charge in [-0.1, -0.05) is 0 Å². The van der Waals surface area contributed by atoms with Gasteiger partial charge in [-0.15, -0.1) is 0 Å². The summed E-state index contributed by atoms with van der Waals surface area (Å²) in [5.41, 5.74) is 1.35. The van der Waals surface area contributed by atoms with Crippen LogP contribution in [0.3, 0.4) is 0 Å². The fourth-order valence-corrected chi connectivity index (χ4v) is 2.13. The average Bonchev–Trinajstić information content (AvgIpc) is 2.94. The van der Waals surface area contributed by atoms with Gasteiger partial charge in [0.15, 0.2) is 11.5 Å². The first-order valence-electron chi connectivity index (χ1n) is 7.21. The number of rotatable bonds is 4. The quantitative estimate of drug-likeness (QED) is 0.802. The van der Waals surface area contributed by atoms with Crippen molar-refractivity contribution in [1.82, 2.24) is 9.97 Å². The van der Waals surface area contributed by atoms with Crippen LogP contribution < -0.4 is 25.4 Å². The fourth-order valence-electron chi connectivity index (χ4n) is 2.13. The summed E-state index contributed by atoms with van der Waals surface area (Å²) in [5, 5.41) is 8.41. The van der Waals surface area contributed by atoms with Gasteiger partial charge in [0, 0.05) is 30.1 Å². The van der Waals surface area contributed by atoms with E-state index in [1.54, 1.807) is 18.2 Å². The fraction of sp³-hybridized carbons (Fsp3) is 0.267. The molecule has 2 aromatic rings. The van der Waals surface area contributed by atoms with Crippen molar-refractivity contribution >= 4 is 23.5 Å². The Hall–Kier alpha value is -3.03. The summed E-state index contributed by atoms with van der Waals surface area (Å²) in [5.74, 6) is 2.16. The lowest BCUT2D eigenvalue weighted by atomic mass is 10.3. The van der Waals surface area contributed by atoms with Gasteiger partial charge in [-0.05, 0) is 26.0 Å². The van der Waals surface area contributed by atoms with Crippen LogP contribution >= 0.6 is 0 Å². The molecule has 120 valence electrons. The molecule has 1 aromatic carbocycles. The third-order valence-corrected chi connectivity index (χ3v) is 3.07. The van der Waals surface area contributed by atoms with E-state index in [4.69, 9.17) is 9.47 Å². The number of urea groups is 1. The van der Waals surface area contributed by atoms with Crippen LogP contribution in [0, 0.1) is 6.92 Å². The summed E-state index contributed by atoms with van der Waals surface area (Å²) < 4.78 is 10.5. The molecule has 23 heavy (non-hydrogen) atoms. The number of hydrogen-bond acceptors (Lipinski definition) is 6. The Balaban J connectivity index is 1.67. The van der Waals surface area contributed by atoms with Crippen LogP contribution in [0.4, 0.5) is 22.2 Å². The molecule has 0 saturated carbocycles. The number of nitrogens with one attached hydrogen (secondary N) is 3. The number of amides is 2. The maximum atomic E-state index is 12.1. The van der Waals surface area contributed by atoms with Crippen molar-refractivity contribution in [2.75, 3.05) is 29.3 Å². The molecule has 0 radical (unpaired) electrons. The summed E-state index contributed by atoms with van der Waals surface area (Å²) >= 11 is 0. The van der Waals surface area contributed by atoms with Gasteiger partial charge < -0.3 is 20.1 Å². The molecule has 0 aliphatic carbocycles. The van der Waals surface area contributed by atoms with Crippen molar-refractivity contribution in [2.24, 2.45) is 0 Å². The van der Waals surface area contributed by atoms with E-state index in [1.165, 1.54) is 0 Å². The van der Waals surface area contributed by atoms with Crippen LogP contribution in [-0.4, -0.2) is 29.3 Å². The molecule has 8 nitrogen and oxygen atoms in total. The largest absolute Gasteiger partial charge is 0.454 e. The van der Waals surface area contributed by atoms with E-state index in [-0.39, 0.29) is 12.7 Å². The molecule has 3 N–H and O–H groups in total. The molecule has 8 heteroatoms. The molecule has 2 amide bonds. The Bertz CT molecular complexity index is 735. The molecule has 1 aliphatic rings. The van der Waals surface area contributed by atoms with Gasteiger partial charge in [0.2, 0.25) is 12.7 Å². The van der Waals surface area contributed by atoms with E-state index in [0.29, 0.717) is 23.0 Å². The van der Waals surface area contributed by atoms with Crippen LogP contribution in [0.15, 0.2) is 24.3 Å². The molecule has 0 bridgehead atoms. The monoisotopic (exact) mass is 315 g/mol. The maximum Gasteiger partial charge on any atom is 0.326 e. The Labute approximate surface area is 133 Å². The van der Waals surface area contributed by atoms with Crippen LogP contribution in [0.1, 0.15) is 12.6 Å². The second kappa shape index (κ2) is 6.39. The number of anilines is 3. The standard InChI is InChI=1S/C15H17N5O3/c1-3-16-13-6-9(2)17-14(19-13)20-15(21)18-10-4-5-11-12(7-10)23-8-22-11/h4-7H,3,8H2,1-2H3,(H3,16,17,18,19,20,21). The minimum Gasteiger partial charge on any atom is -0.454 e. The van der Waals surface area contributed by atoms with Gasteiger partial charge >= 0.3 is 6.03 Å². The SMILES string of the molecule is CCNc1cc(C)nc(NC(=O)Nc2ccc3c(c2)OCO3)n1. The average molecular weight is 315 g/mol. The lowest BCUT2D eigenvalue weighted by molar-refractivity contribution is 0.174. The normalized spacial score (nSPS) is 11.9. The lowest BCUT2D eigenvalue weighted by Gasteiger charge is -2.09. The van der Waals surface area contributed by atoms with E-state index < -0.39 is 6.03 Å². The predicted octanol–water partition coefficient (Wildman–Crippen LogP) is 2.59. The molecule has 0 unspecified atom stereocenters. The number of hydrogen-bond donors (Lipinski definition) is 3. The smallest absolute Gasteiger partial charge is 0.326 e. The van der Waals surface area contributed by atoms with Crippen LogP contribution in [0.5, 0.6) is 11.5 Å². The van der Waals surface area contributed by atoms with Gasteiger partial charge in [0.25, 0.3) is 0 Å². The number of ether oxygens (including phenoxy) is 2. The third-order valence-electron chi connectivity index (χ3n) is 3.07. The number of aryl methyl sites for hydroxylation is 1. The van der Waals surface area contributed by atoms with E-state index in [9.17, 15) is 4.79 Å². The first-order valence-corrected chi connectivity index (χ1v) is 7.21. The first-order chi connectivity index (χ1) is 11.1. The molecule has 0 atom stereocenters. The summed E-state index contributed by atoms with van der Waals surface area (Å²) in [6, 6.07) is 6.54. The number of benzene rings is 1. The third kappa shape index (κ3) is 3.60. The van der Waals surface area contributed by atoms with Gasteiger partial charge in [0.1, 0.15) is 5.82 Å². The highest BCUT2D eigenvalue weighted by molar-refractivity contribution is 5.98. The zero-order chi connectivity index (χ0) is 16.2. The number of carbonyl (C=O) groups excluding carboxylic acids is 1. The van der Waals surface area contributed by atoms with Crippen LogP contribution in [0.25, 0.3) is 0 Å². The Morgan fingerprint density at radius 1 is 1.17 bits per heavy atom. The topological polar surface area (TPSA) is 97.4 Å². The minimum atomic E-state index is -0.433. The number of fused-ring (bicyclic) bond motifs is 1. The van der Waals surface area contributed by atoms with E-state index in [0.717, 1.165) is 12.2 Å². The van der Waals surface area contributed by atoms with Crippen molar-refractivity contribution in [3.05, 3.63) is 30.0 Å². The second-order valence-corrected chi connectivity index (χ2v) is 4.90. The van der Waals surface area contributed by atoms with Crippen molar-refractivity contribution in [1.29, 1.82) is 0 Å². The highest BCUT2D eigenvalue weighted by Gasteiger charge is 2.14. The maximum absolute atomic E-state index is 12.1. The Morgan fingerprint density at radius 2 is 2.00 bits per heavy atom. The summed E-state index contributed by atoms with van der Waals surface area (Å²) in [4.78, 5) is 20.5. The molecule has 1 aliphatic heterocycles. The van der Waals surface area contributed by atoms with Crippen LogP contribution in [-0.2, 0) is 0 Å². The molecule has 0 fully saturated rings. The minimum absolute atomic E-state index is 0.190. The molecular weight excluding hydrogens is 298 g/mol. The van der Waals surface area contributed by atoms with Crippen molar-refractivity contribution in [3.8, 4) is 11.5 Å². The van der Waals surface area contributed by atoms with Crippen molar-refractivity contribution in [3.63, 3.8) is 0 Å². The van der Waals surface area contributed by atoms with E-state index >= 15 is 0 Å². The van der Waals surface area contributed by atoms with Gasteiger partial charge in [0.05, 0.1) is 0 Å². The number of nitrogens with zero attached hydrogens (tertiary/aromatic N) is 2. The summed E-state index contributed by atoms with van der Waals surface area (Å²) in [7, 11) is 0. The molecule has 1 aromatic heterocycles. The van der Waals surface area contributed by atoms with Gasteiger partial charge in [-0.2, -0.15) is 4.98 Å². The Morgan fingerprint density at radius 3 is 2.83 bits per heavy atom. The van der Waals surface area contributed by atoms with Gasteiger partial charge in [-0.25, -0.2) is 9.78 Å². The molecule has 0 spiro atoms. The zero-order valence-electron chi connectivity index (χ0n) is 12.8. The summed E-state index contributed by atoms with van der Waals surface area (Å²) in [6.07, 6.45) is 0. The highest BCUT2D eigenvalue weighted by atomic mass is 16.7. The molecule has 3 rings (SSSR count). The van der Waals surface area contributed by atoms with Crippen molar-refractivity contribution in [2.45, 2.75) is 13.8 Å². The van der Waals surface area contributed by atoms with Crippen LogP contribution in [0.2, 0.25) is 0 Å². The molecular formula is C15H17N5O3.